The van der Waals surface area contributed by atoms with Gasteiger partial charge in [0.1, 0.15) is 5.76 Å². The topological polar surface area (TPSA) is 84.5 Å². The smallest absolute Gasteiger partial charge is 0.257 e. The zero-order chi connectivity index (χ0) is 17.4. The molecule has 0 fully saturated rings. The van der Waals surface area contributed by atoms with Crippen molar-refractivity contribution in [1.29, 1.82) is 0 Å². The Labute approximate surface area is 144 Å². The largest absolute Gasteiger partial charge is 0.465 e. The molecule has 0 radical (unpaired) electrons. The summed E-state index contributed by atoms with van der Waals surface area (Å²) in [5.74, 6) is 1.50. The highest BCUT2D eigenvalue weighted by Gasteiger charge is 2.26. The molecule has 2 aromatic heterocycles. The van der Waals surface area contributed by atoms with Crippen LogP contribution in [0.2, 0.25) is 0 Å². The SMILES string of the molecule is Cc1cccc(NC2=NC(c3ccco3)n3c(nc(C)cc3=O)N2)c1. The van der Waals surface area contributed by atoms with Gasteiger partial charge in [0.05, 0.1) is 6.26 Å². The second-order valence-electron chi connectivity index (χ2n) is 5.92. The van der Waals surface area contributed by atoms with Gasteiger partial charge in [-0.3, -0.25) is 10.1 Å². The number of hydrogen-bond acceptors (Lipinski definition) is 6. The van der Waals surface area contributed by atoms with Gasteiger partial charge in [-0.2, -0.15) is 0 Å². The molecule has 0 spiro atoms. The van der Waals surface area contributed by atoms with Crippen LogP contribution in [-0.4, -0.2) is 15.5 Å². The molecule has 3 heterocycles. The lowest BCUT2D eigenvalue weighted by Crippen LogP contribution is -2.37. The van der Waals surface area contributed by atoms with E-state index in [0.29, 0.717) is 23.4 Å². The average molecular weight is 335 g/mol. The molecule has 1 atom stereocenters. The summed E-state index contributed by atoms with van der Waals surface area (Å²) in [6.45, 7) is 3.80. The van der Waals surface area contributed by atoms with Crippen LogP contribution in [0.25, 0.3) is 0 Å². The minimum absolute atomic E-state index is 0.185. The summed E-state index contributed by atoms with van der Waals surface area (Å²) in [7, 11) is 0. The van der Waals surface area contributed by atoms with Crippen molar-refractivity contribution < 1.29 is 4.42 Å². The van der Waals surface area contributed by atoms with Crippen molar-refractivity contribution in [3.05, 3.63) is 76.1 Å². The first-order valence-corrected chi connectivity index (χ1v) is 7.92. The molecule has 25 heavy (non-hydrogen) atoms. The Bertz CT molecular complexity index is 1000. The van der Waals surface area contributed by atoms with Crippen molar-refractivity contribution in [2.24, 2.45) is 4.99 Å². The lowest BCUT2D eigenvalue weighted by Gasteiger charge is -2.25. The lowest BCUT2D eigenvalue weighted by molar-refractivity contribution is 0.427. The van der Waals surface area contributed by atoms with Crippen molar-refractivity contribution in [1.82, 2.24) is 9.55 Å². The van der Waals surface area contributed by atoms with E-state index in [1.165, 1.54) is 10.6 Å². The number of fused-ring (bicyclic) bond motifs is 1. The second-order valence-corrected chi connectivity index (χ2v) is 5.92. The number of aliphatic imine (C=N–C) groups is 1. The molecule has 4 rings (SSSR count). The van der Waals surface area contributed by atoms with E-state index in [1.807, 2.05) is 31.2 Å². The summed E-state index contributed by atoms with van der Waals surface area (Å²) in [6.07, 6.45) is 0.950. The molecule has 0 saturated heterocycles. The molecule has 0 amide bonds. The highest BCUT2D eigenvalue weighted by atomic mass is 16.3. The average Bonchev–Trinajstić information content (AvgIpc) is 3.08. The van der Waals surface area contributed by atoms with Crippen molar-refractivity contribution in [3.63, 3.8) is 0 Å². The predicted molar refractivity (Wildman–Crippen MR) is 95.9 cm³/mol. The Morgan fingerprint density at radius 2 is 2.08 bits per heavy atom. The van der Waals surface area contributed by atoms with Crippen LogP contribution < -0.4 is 16.2 Å². The lowest BCUT2D eigenvalue weighted by atomic mass is 10.2. The number of benzene rings is 1. The number of nitrogens with zero attached hydrogens (tertiary/aromatic N) is 3. The van der Waals surface area contributed by atoms with E-state index >= 15 is 0 Å². The minimum Gasteiger partial charge on any atom is -0.465 e. The Morgan fingerprint density at radius 3 is 2.84 bits per heavy atom. The van der Waals surface area contributed by atoms with Gasteiger partial charge in [-0.05, 0) is 43.7 Å². The fraction of sp³-hybridized carbons (Fsp3) is 0.167. The van der Waals surface area contributed by atoms with Crippen molar-refractivity contribution in [2.75, 3.05) is 10.6 Å². The summed E-state index contributed by atoms with van der Waals surface area (Å²) in [5.41, 5.74) is 2.48. The summed E-state index contributed by atoms with van der Waals surface area (Å²) in [5, 5.41) is 6.32. The molecule has 2 N–H and O–H groups in total. The molecule has 7 nitrogen and oxygen atoms in total. The van der Waals surface area contributed by atoms with Gasteiger partial charge in [-0.25, -0.2) is 14.5 Å². The third-order valence-corrected chi connectivity index (χ3v) is 3.88. The van der Waals surface area contributed by atoms with E-state index in [1.54, 1.807) is 25.3 Å². The van der Waals surface area contributed by atoms with Crippen molar-refractivity contribution in [2.45, 2.75) is 20.0 Å². The number of aryl methyl sites for hydroxylation is 2. The molecular weight excluding hydrogens is 318 g/mol. The monoisotopic (exact) mass is 335 g/mol. The van der Waals surface area contributed by atoms with Crippen LogP contribution >= 0.6 is 0 Å². The van der Waals surface area contributed by atoms with E-state index in [4.69, 9.17) is 4.42 Å². The molecule has 7 heteroatoms. The maximum absolute atomic E-state index is 12.5. The molecule has 1 aromatic carbocycles. The zero-order valence-electron chi connectivity index (χ0n) is 13.9. The maximum atomic E-state index is 12.5. The number of anilines is 2. The Kier molecular flexibility index (Phi) is 3.61. The Hall–Kier alpha value is -3.35. The van der Waals surface area contributed by atoms with Crippen LogP contribution in [0.4, 0.5) is 11.6 Å². The summed E-state index contributed by atoms with van der Waals surface area (Å²) >= 11 is 0. The molecule has 126 valence electrons. The standard InChI is InChI=1S/C18H17N5O2/c1-11-5-3-6-13(9-11)20-17-21-16(14-7-4-8-25-14)23-15(24)10-12(2)19-18(23)22-17/h3-10,16H,1-2H3,(H2,19,20,21,22). The van der Waals surface area contributed by atoms with Crippen LogP contribution in [-0.2, 0) is 0 Å². The molecule has 0 bridgehead atoms. The Morgan fingerprint density at radius 1 is 1.20 bits per heavy atom. The first kappa shape index (κ1) is 15.2. The highest BCUT2D eigenvalue weighted by Crippen LogP contribution is 2.26. The number of aromatic nitrogens is 2. The van der Waals surface area contributed by atoms with Gasteiger partial charge < -0.3 is 9.73 Å². The third-order valence-electron chi connectivity index (χ3n) is 3.88. The van der Waals surface area contributed by atoms with Gasteiger partial charge in [0.2, 0.25) is 11.9 Å². The van der Waals surface area contributed by atoms with E-state index in [-0.39, 0.29) is 5.56 Å². The maximum Gasteiger partial charge on any atom is 0.257 e. The van der Waals surface area contributed by atoms with Crippen LogP contribution in [0, 0.1) is 13.8 Å². The number of furan rings is 1. The van der Waals surface area contributed by atoms with Gasteiger partial charge in [0.25, 0.3) is 5.56 Å². The first-order valence-electron chi connectivity index (χ1n) is 7.92. The number of guanidine groups is 1. The molecule has 0 aliphatic carbocycles. The quantitative estimate of drug-likeness (QED) is 0.752. The summed E-state index contributed by atoms with van der Waals surface area (Å²) in [4.78, 5) is 21.5. The van der Waals surface area contributed by atoms with E-state index in [9.17, 15) is 4.79 Å². The number of rotatable bonds is 2. The summed E-state index contributed by atoms with van der Waals surface area (Å²) < 4.78 is 6.96. The van der Waals surface area contributed by atoms with Gasteiger partial charge >= 0.3 is 0 Å². The van der Waals surface area contributed by atoms with E-state index in [0.717, 1.165) is 11.3 Å². The zero-order valence-corrected chi connectivity index (χ0v) is 13.9. The molecular formula is C18H17N5O2. The molecule has 1 aliphatic rings. The van der Waals surface area contributed by atoms with Crippen LogP contribution in [0.3, 0.4) is 0 Å². The third kappa shape index (κ3) is 2.91. The van der Waals surface area contributed by atoms with Crippen molar-refractivity contribution in [3.8, 4) is 0 Å². The van der Waals surface area contributed by atoms with Gasteiger partial charge in [0.15, 0.2) is 6.17 Å². The molecule has 1 aliphatic heterocycles. The number of nitrogens with one attached hydrogen (secondary N) is 2. The second kappa shape index (κ2) is 5.94. The van der Waals surface area contributed by atoms with Gasteiger partial charge in [-0.15, -0.1) is 0 Å². The molecule has 1 unspecified atom stereocenters. The predicted octanol–water partition coefficient (Wildman–Crippen LogP) is 2.89. The number of hydrogen-bond donors (Lipinski definition) is 2. The fourth-order valence-corrected chi connectivity index (χ4v) is 2.80. The fourth-order valence-electron chi connectivity index (χ4n) is 2.80. The van der Waals surface area contributed by atoms with Crippen LogP contribution in [0.5, 0.6) is 0 Å². The van der Waals surface area contributed by atoms with E-state index in [2.05, 4.69) is 20.6 Å². The minimum atomic E-state index is -0.612. The van der Waals surface area contributed by atoms with Crippen LogP contribution in [0.1, 0.15) is 23.2 Å². The van der Waals surface area contributed by atoms with Gasteiger partial charge in [0, 0.05) is 17.4 Å². The normalized spacial score (nSPS) is 15.9. The van der Waals surface area contributed by atoms with Gasteiger partial charge in [-0.1, -0.05) is 12.1 Å². The van der Waals surface area contributed by atoms with Crippen molar-refractivity contribution >= 4 is 17.6 Å². The molecule has 3 aromatic rings. The van der Waals surface area contributed by atoms with E-state index < -0.39 is 6.17 Å². The molecule has 0 saturated carbocycles. The Balaban J connectivity index is 1.78. The first-order chi connectivity index (χ1) is 12.1. The van der Waals surface area contributed by atoms with Crippen LogP contribution in [0.15, 0.2) is 62.9 Å². The summed E-state index contributed by atoms with van der Waals surface area (Å²) in [6, 6.07) is 13.0. The highest BCUT2D eigenvalue weighted by molar-refractivity contribution is 6.03.